The average Bonchev–Trinajstić information content (AvgIpc) is 3.23. The van der Waals surface area contributed by atoms with Crippen LogP contribution in [0, 0.1) is 5.92 Å². The molecular formula is C49H89FN2O8. The van der Waals surface area contributed by atoms with Crippen molar-refractivity contribution in [3.8, 4) is 0 Å². The maximum absolute atomic E-state index is 13.0. The van der Waals surface area contributed by atoms with Gasteiger partial charge in [0.15, 0.2) is 6.29 Å². The highest BCUT2D eigenvalue weighted by Gasteiger charge is 2.28. The van der Waals surface area contributed by atoms with Crippen LogP contribution in [0.2, 0.25) is 0 Å². The molecule has 1 fully saturated rings. The first-order valence-electron chi connectivity index (χ1n) is 24.5. The Morgan fingerprint density at radius 3 is 1.67 bits per heavy atom. The van der Waals surface area contributed by atoms with Crippen molar-refractivity contribution >= 4 is 18.0 Å². The highest BCUT2D eigenvalue weighted by atomic mass is 19.1. The van der Waals surface area contributed by atoms with E-state index >= 15 is 0 Å². The van der Waals surface area contributed by atoms with E-state index in [0.29, 0.717) is 52.1 Å². The lowest BCUT2D eigenvalue weighted by Gasteiger charge is -2.39. The fraction of sp³-hybridized carbons (Fsp3) is 0.857. The molecule has 1 aliphatic heterocycles. The van der Waals surface area contributed by atoms with Crippen LogP contribution < -0.4 is 5.32 Å². The first kappa shape index (κ1) is 55.5. The number of amides is 1. The summed E-state index contributed by atoms with van der Waals surface area (Å²) in [5.74, 6) is -1.23. The van der Waals surface area contributed by atoms with Crippen molar-refractivity contribution < 1.29 is 42.5 Å². The number of hydrogen-bond donors (Lipinski definition) is 1. The second kappa shape index (κ2) is 41.8. The molecule has 1 N–H and O–H groups in total. The number of allylic oxidation sites excluding steroid dienone is 4. The van der Waals surface area contributed by atoms with Gasteiger partial charge in [-0.05, 0) is 57.8 Å². The van der Waals surface area contributed by atoms with Gasteiger partial charge in [-0.2, -0.15) is 0 Å². The van der Waals surface area contributed by atoms with E-state index in [1.807, 2.05) is 0 Å². The van der Waals surface area contributed by atoms with E-state index in [2.05, 4.69) is 55.3 Å². The molecule has 1 saturated heterocycles. The van der Waals surface area contributed by atoms with Crippen LogP contribution in [0.4, 0.5) is 9.18 Å². The molecule has 1 rings (SSSR count). The number of carbonyl (C=O) groups is 3. The highest BCUT2D eigenvalue weighted by molar-refractivity contribution is 5.70. The molecule has 0 spiro atoms. The van der Waals surface area contributed by atoms with E-state index in [9.17, 15) is 18.8 Å². The zero-order chi connectivity index (χ0) is 43.6. The number of nitrogens with one attached hydrogen (secondary N) is 1. The van der Waals surface area contributed by atoms with Gasteiger partial charge < -0.3 is 29.0 Å². The van der Waals surface area contributed by atoms with Crippen molar-refractivity contribution in [1.82, 2.24) is 10.2 Å². The maximum Gasteiger partial charge on any atom is 0.407 e. The molecule has 350 valence electrons. The molecule has 1 heterocycles. The molecule has 1 aliphatic rings. The second-order valence-corrected chi connectivity index (χ2v) is 16.7. The van der Waals surface area contributed by atoms with E-state index in [4.69, 9.17) is 23.7 Å². The van der Waals surface area contributed by atoms with Gasteiger partial charge in [-0.3, -0.25) is 18.9 Å². The second-order valence-electron chi connectivity index (χ2n) is 16.7. The molecule has 0 aliphatic carbocycles. The minimum atomic E-state index is -0.578. The Bertz CT molecular complexity index is 1050. The maximum atomic E-state index is 13.0. The molecule has 0 radical (unpaired) electrons. The largest absolute Gasteiger partial charge is 0.465 e. The zero-order valence-corrected chi connectivity index (χ0v) is 38.6. The molecule has 1 unspecified atom stereocenters. The summed E-state index contributed by atoms with van der Waals surface area (Å²) < 4.78 is 41.4. The van der Waals surface area contributed by atoms with Gasteiger partial charge in [-0.25, -0.2) is 4.79 Å². The van der Waals surface area contributed by atoms with Crippen LogP contribution in [0.5, 0.6) is 0 Å². The predicted molar refractivity (Wildman–Crippen MR) is 242 cm³/mol. The normalized spacial score (nSPS) is 13.9. The molecule has 0 bridgehead atoms. The fourth-order valence-corrected chi connectivity index (χ4v) is 6.96. The number of hydrogen-bond acceptors (Lipinski definition) is 9. The third kappa shape index (κ3) is 35.1. The molecule has 1 amide bonds. The summed E-state index contributed by atoms with van der Waals surface area (Å²) in [7, 11) is 0. The number of esters is 2. The number of unbranched alkanes of at least 4 members (excludes halogenated alkanes) is 18. The number of alkyl halides is 1. The molecule has 60 heavy (non-hydrogen) atoms. The van der Waals surface area contributed by atoms with Crippen LogP contribution >= 0.6 is 0 Å². The van der Waals surface area contributed by atoms with Crippen LogP contribution in [-0.2, 0) is 33.3 Å². The summed E-state index contributed by atoms with van der Waals surface area (Å²) in [6, 6.07) is -0.0606. The minimum Gasteiger partial charge on any atom is -0.465 e. The number of rotatable bonds is 43. The van der Waals surface area contributed by atoms with Gasteiger partial charge in [0.25, 0.3) is 0 Å². The lowest BCUT2D eigenvalue weighted by Crippen LogP contribution is -2.59. The molecule has 0 aromatic rings. The molecule has 10 nitrogen and oxygen atoms in total. The van der Waals surface area contributed by atoms with Crippen molar-refractivity contribution in [2.45, 2.75) is 206 Å². The third-order valence-corrected chi connectivity index (χ3v) is 10.8. The summed E-state index contributed by atoms with van der Waals surface area (Å²) >= 11 is 0. The van der Waals surface area contributed by atoms with Crippen LogP contribution in [0.15, 0.2) is 24.3 Å². The van der Waals surface area contributed by atoms with E-state index in [1.165, 1.54) is 77.0 Å². The fourth-order valence-electron chi connectivity index (χ4n) is 6.96. The first-order valence-corrected chi connectivity index (χ1v) is 24.5. The number of alkyl carbamates (subject to hydrolysis) is 1. The average molecular weight is 853 g/mol. The minimum absolute atomic E-state index is 0.0224. The van der Waals surface area contributed by atoms with Gasteiger partial charge in [0.1, 0.15) is 19.8 Å². The van der Waals surface area contributed by atoms with Gasteiger partial charge in [0, 0.05) is 45.7 Å². The third-order valence-electron chi connectivity index (χ3n) is 10.8. The number of nitrogens with zero attached hydrogens (tertiary/aromatic N) is 1. The molecular weight excluding hydrogens is 764 g/mol. The SMILES string of the molecule is CCCCC/C=C\C/C=C\CCCCCCCC(=O)OCC(COC(=O)CCC(OCCCCCCCC)OCCCCCCCC)COC(=O)NC1CN(CCCF)C1. The quantitative estimate of drug-likeness (QED) is 0.0211. The summed E-state index contributed by atoms with van der Waals surface area (Å²) in [6.07, 6.45) is 35.5. The Morgan fingerprint density at radius 2 is 1.08 bits per heavy atom. The Morgan fingerprint density at radius 1 is 0.600 bits per heavy atom. The molecule has 0 aromatic heterocycles. The predicted octanol–water partition coefficient (Wildman–Crippen LogP) is 12.1. The topological polar surface area (TPSA) is 113 Å². The highest BCUT2D eigenvalue weighted by Crippen LogP contribution is 2.14. The van der Waals surface area contributed by atoms with Crippen molar-refractivity contribution in [3.63, 3.8) is 0 Å². The van der Waals surface area contributed by atoms with Gasteiger partial charge in [-0.1, -0.05) is 141 Å². The van der Waals surface area contributed by atoms with E-state index < -0.39 is 24.3 Å². The smallest absolute Gasteiger partial charge is 0.407 e. The van der Waals surface area contributed by atoms with Gasteiger partial charge in [-0.15, -0.1) is 0 Å². The van der Waals surface area contributed by atoms with E-state index in [-0.39, 0.29) is 44.9 Å². The number of halogens is 1. The Hall–Kier alpha value is -2.50. The Labute approximate surface area is 365 Å². The van der Waals surface area contributed by atoms with Crippen molar-refractivity contribution in [3.05, 3.63) is 24.3 Å². The first-order chi connectivity index (χ1) is 29.4. The Kier molecular flexibility index (Phi) is 38.7. The molecule has 0 aromatic carbocycles. The summed E-state index contributed by atoms with van der Waals surface area (Å²) in [5.41, 5.74) is 0. The zero-order valence-electron chi connectivity index (χ0n) is 38.6. The molecule has 11 heteroatoms. The van der Waals surface area contributed by atoms with Gasteiger partial charge >= 0.3 is 18.0 Å². The number of ether oxygens (including phenoxy) is 5. The lowest BCUT2D eigenvalue weighted by atomic mass is 10.1. The van der Waals surface area contributed by atoms with E-state index in [0.717, 1.165) is 70.6 Å². The standard InChI is InChI=1S/C49H89FN2O8/c1-4-7-10-13-16-17-18-19-20-21-22-23-24-25-28-32-46(53)58-41-44(43-60-49(55)51-45-39-52(40-45)36-31-35-50)42-59-47(54)33-34-48(56-37-29-26-14-11-8-5-2)57-38-30-27-15-12-9-6-3/h16-17,19-20,44-45,48H,4-15,18,21-43H2,1-3H3,(H,51,55)/b17-16-,20-19-. The van der Waals surface area contributed by atoms with Crippen molar-refractivity contribution in [1.29, 1.82) is 0 Å². The van der Waals surface area contributed by atoms with Crippen LogP contribution in [-0.4, -0.2) is 94.6 Å². The monoisotopic (exact) mass is 853 g/mol. The van der Waals surface area contributed by atoms with E-state index in [1.54, 1.807) is 0 Å². The summed E-state index contributed by atoms with van der Waals surface area (Å²) in [4.78, 5) is 40.3. The van der Waals surface area contributed by atoms with Crippen LogP contribution in [0.25, 0.3) is 0 Å². The Balaban J connectivity index is 2.51. The lowest BCUT2D eigenvalue weighted by molar-refractivity contribution is -0.161. The number of likely N-dealkylation sites (tertiary alicyclic amines) is 1. The summed E-state index contributed by atoms with van der Waals surface area (Å²) in [6.45, 7) is 9.31. The van der Waals surface area contributed by atoms with Crippen LogP contribution in [0.3, 0.4) is 0 Å². The van der Waals surface area contributed by atoms with Gasteiger partial charge in [0.2, 0.25) is 0 Å². The molecule has 1 atom stereocenters. The van der Waals surface area contributed by atoms with Crippen molar-refractivity contribution in [2.24, 2.45) is 5.92 Å². The van der Waals surface area contributed by atoms with Crippen LogP contribution in [0.1, 0.15) is 194 Å². The summed E-state index contributed by atoms with van der Waals surface area (Å²) in [5, 5.41) is 2.83. The molecule has 0 saturated carbocycles. The number of carbonyl (C=O) groups excluding carboxylic acids is 3. The van der Waals surface area contributed by atoms with Crippen molar-refractivity contribution in [2.75, 3.05) is 59.3 Å². The van der Waals surface area contributed by atoms with Gasteiger partial charge in [0.05, 0.1) is 25.1 Å².